The Hall–Kier alpha value is -2.02. The van der Waals surface area contributed by atoms with Crippen LogP contribution in [-0.2, 0) is 15.8 Å². The highest BCUT2D eigenvalue weighted by Crippen LogP contribution is 2.35. The molecule has 8 heteroatoms. The van der Waals surface area contributed by atoms with Crippen molar-refractivity contribution in [3.8, 4) is 0 Å². The van der Waals surface area contributed by atoms with Crippen LogP contribution >= 0.6 is 11.6 Å². The Balaban J connectivity index is 2.10. The van der Waals surface area contributed by atoms with Gasteiger partial charge in [-0.3, -0.25) is 9.59 Å². The highest BCUT2D eigenvalue weighted by atomic mass is 35.5. The average Bonchev–Trinajstić information content (AvgIpc) is 2.52. The van der Waals surface area contributed by atoms with Gasteiger partial charge in [0.25, 0.3) is 0 Å². The number of carbonyl (C=O) groups is 2. The molecule has 24 heavy (non-hydrogen) atoms. The first-order valence-electron chi connectivity index (χ1n) is 7.31. The lowest BCUT2D eigenvalue weighted by atomic mass is 9.97. The molecule has 1 aromatic carbocycles. The minimum atomic E-state index is -4.56. The van der Waals surface area contributed by atoms with Gasteiger partial charge in [-0.1, -0.05) is 17.7 Å². The highest BCUT2D eigenvalue weighted by Gasteiger charge is 2.33. The maximum atomic E-state index is 12.8. The van der Waals surface area contributed by atoms with Gasteiger partial charge in [-0.05, 0) is 36.6 Å². The molecule has 0 spiro atoms. The number of halogens is 4. The van der Waals surface area contributed by atoms with E-state index in [1.165, 1.54) is 23.1 Å². The Labute approximate surface area is 142 Å². The number of rotatable bonds is 3. The highest BCUT2D eigenvalue weighted by molar-refractivity contribution is 6.31. The van der Waals surface area contributed by atoms with E-state index < -0.39 is 22.7 Å². The third-order valence-electron chi connectivity index (χ3n) is 3.85. The lowest BCUT2D eigenvalue weighted by molar-refractivity contribution is -0.137. The summed E-state index contributed by atoms with van der Waals surface area (Å²) in [5, 5.41) is -0.397. The van der Waals surface area contributed by atoms with E-state index in [2.05, 4.69) is 0 Å². The van der Waals surface area contributed by atoms with Crippen LogP contribution in [0.1, 0.15) is 24.0 Å². The second-order valence-electron chi connectivity index (χ2n) is 5.60. The van der Waals surface area contributed by atoms with Gasteiger partial charge in [0.05, 0.1) is 16.5 Å². The van der Waals surface area contributed by atoms with Crippen LogP contribution in [0.3, 0.4) is 0 Å². The molecule has 0 aliphatic carbocycles. The number of alkyl halides is 3. The molecule has 2 amide bonds. The molecule has 4 nitrogen and oxygen atoms in total. The van der Waals surface area contributed by atoms with E-state index in [9.17, 15) is 22.8 Å². The number of amides is 2. The van der Waals surface area contributed by atoms with Crippen molar-refractivity contribution in [3.63, 3.8) is 0 Å². The van der Waals surface area contributed by atoms with Crippen LogP contribution in [0.25, 0.3) is 6.08 Å². The molecule has 1 aliphatic heterocycles. The molecule has 1 heterocycles. The first kappa shape index (κ1) is 18.3. The van der Waals surface area contributed by atoms with Crippen LogP contribution in [0.2, 0.25) is 5.02 Å². The van der Waals surface area contributed by atoms with Gasteiger partial charge in [-0.15, -0.1) is 0 Å². The lowest BCUT2D eigenvalue weighted by Crippen LogP contribution is -2.43. The second kappa shape index (κ2) is 7.25. The Morgan fingerprint density at radius 2 is 2.04 bits per heavy atom. The van der Waals surface area contributed by atoms with E-state index in [0.29, 0.717) is 19.4 Å². The van der Waals surface area contributed by atoms with Gasteiger partial charge >= 0.3 is 6.18 Å². The Morgan fingerprint density at radius 3 is 2.67 bits per heavy atom. The van der Waals surface area contributed by atoms with Crippen molar-refractivity contribution in [1.82, 2.24) is 4.90 Å². The first-order chi connectivity index (χ1) is 11.2. The summed E-state index contributed by atoms with van der Waals surface area (Å²) in [6, 6.07) is 3.41. The van der Waals surface area contributed by atoms with Crippen LogP contribution in [0.4, 0.5) is 13.2 Å². The van der Waals surface area contributed by atoms with Gasteiger partial charge in [0, 0.05) is 19.2 Å². The van der Waals surface area contributed by atoms with Crippen LogP contribution < -0.4 is 5.73 Å². The predicted octanol–water partition coefficient (Wildman–Crippen LogP) is 3.10. The van der Waals surface area contributed by atoms with Crippen molar-refractivity contribution >= 4 is 29.5 Å². The number of likely N-dealkylation sites (tertiary alicyclic amines) is 1. The van der Waals surface area contributed by atoms with Gasteiger partial charge in [-0.25, -0.2) is 0 Å². The summed E-state index contributed by atoms with van der Waals surface area (Å²) in [4.78, 5) is 24.8. The summed E-state index contributed by atoms with van der Waals surface area (Å²) in [6.07, 6.45) is -0.789. The van der Waals surface area contributed by atoms with Gasteiger partial charge in [-0.2, -0.15) is 13.2 Å². The van der Waals surface area contributed by atoms with Gasteiger partial charge < -0.3 is 10.6 Å². The third kappa shape index (κ3) is 4.50. The van der Waals surface area contributed by atoms with E-state index in [1.807, 2.05) is 0 Å². The topological polar surface area (TPSA) is 63.4 Å². The van der Waals surface area contributed by atoms with Crippen molar-refractivity contribution < 1.29 is 22.8 Å². The Kier molecular flexibility index (Phi) is 5.54. The molecule has 2 rings (SSSR count). The molecule has 0 radical (unpaired) electrons. The second-order valence-corrected chi connectivity index (χ2v) is 6.00. The van der Waals surface area contributed by atoms with Crippen LogP contribution in [-0.4, -0.2) is 29.8 Å². The van der Waals surface area contributed by atoms with Crippen molar-refractivity contribution in [2.75, 3.05) is 13.1 Å². The Morgan fingerprint density at radius 1 is 1.33 bits per heavy atom. The number of nitrogens with two attached hydrogens (primary N) is 1. The normalized spacial score (nSPS) is 18.8. The molecule has 0 saturated carbocycles. The van der Waals surface area contributed by atoms with Gasteiger partial charge in [0.15, 0.2) is 0 Å². The monoisotopic (exact) mass is 360 g/mol. The van der Waals surface area contributed by atoms with E-state index >= 15 is 0 Å². The molecule has 0 bridgehead atoms. The molecule has 1 aliphatic rings. The summed E-state index contributed by atoms with van der Waals surface area (Å²) in [6.45, 7) is 0.717. The molecular weight excluding hydrogens is 345 g/mol. The van der Waals surface area contributed by atoms with E-state index in [-0.39, 0.29) is 23.9 Å². The minimum Gasteiger partial charge on any atom is -0.369 e. The molecule has 1 saturated heterocycles. The molecule has 1 atom stereocenters. The zero-order valence-corrected chi connectivity index (χ0v) is 13.4. The van der Waals surface area contributed by atoms with E-state index in [1.54, 1.807) is 0 Å². The third-order valence-corrected chi connectivity index (χ3v) is 4.18. The molecule has 1 fully saturated rings. The minimum absolute atomic E-state index is 0.212. The van der Waals surface area contributed by atoms with Crippen LogP contribution in [0, 0.1) is 5.92 Å². The number of primary amides is 1. The van der Waals surface area contributed by atoms with Crippen LogP contribution in [0.15, 0.2) is 24.3 Å². The largest absolute Gasteiger partial charge is 0.417 e. The quantitative estimate of drug-likeness (QED) is 0.842. The smallest absolute Gasteiger partial charge is 0.369 e. The van der Waals surface area contributed by atoms with Gasteiger partial charge in [0.1, 0.15) is 0 Å². The van der Waals surface area contributed by atoms with E-state index in [0.717, 1.165) is 12.1 Å². The number of carbonyl (C=O) groups excluding carboxylic acids is 2. The summed E-state index contributed by atoms with van der Waals surface area (Å²) < 4.78 is 38.4. The molecule has 1 aromatic rings. The number of benzene rings is 1. The predicted molar refractivity (Wildman–Crippen MR) is 84.0 cm³/mol. The number of piperidine rings is 1. The van der Waals surface area contributed by atoms with Crippen molar-refractivity contribution in [3.05, 3.63) is 40.4 Å². The fourth-order valence-corrected chi connectivity index (χ4v) is 2.77. The summed E-state index contributed by atoms with van der Waals surface area (Å²) in [7, 11) is 0. The fraction of sp³-hybridized carbons (Fsp3) is 0.375. The van der Waals surface area contributed by atoms with Crippen molar-refractivity contribution in [2.45, 2.75) is 19.0 Å². The first-order valence-corrected chi connectivity index (χ1v) is 7.69. The number of nitrogens with zero attached hydrogens (tertiary/aromatic N) is 1. The maximum absolute atomic E-state index is 12.8. The maximum Gasteiger partial charge on any atom is 0.417 e. The Bertz CT molecular complexity index is 674. The summed E-state index contributed by atoms with van der Waals surface area (Å²) in [5.41, 5.74) is 4.51. The summed E-state index contributed by atoms with van der Waals surface area (Å²) in [5.74, 6) is -1.21. The van der Waals surface area contributed by atoms with Gasteiger partial charge in [0.2, 0.25) is 11.8 Å². The molecule has 130 valence electrons. The lowest BCUT2D eigenvalue weighted by Gasteiger charge is -2.30. The SMILES string of the molecule is NC(=O)C1CCCN(C(=O)C=Cc2ccc(Cl)c(C(F)(F)F)c2)C1. The summed E-state index contributed by atoms with van der Waals surface area (Å²) >= 11 is 5.55. The van der Waals surface area contributed by atoms with Crippen LogP contribution in [0.5, 0.6) is 0 Å². The number of hydrogen-bond acceptors (Lipinski definition) is 2. The molecule has 2 N–H and O–H groups in total. The van der Waals surface area contributed by atoms with E-state index in [4.69, 9.17) is 17.3 Å². The fourth-order valence-electron chi connectivity index (χ4n) is 2.55. The average molecular weight is 361 g/mol. The number of hydrogen-bond donors (Lipinski definition) is 1. The van der Waals surface area contributed by atoms with Crippen molar-refractivity contribution in [1.29, 1.82) is 0 Å². The zero-order valence-electron chi connectivity index (χ0n) is 12.6. The zero-order chi connectivity index (χ0) is 17.9. The molecule has 0 aromatic heterocycles. The molecule has 1 unspecified atom stereocenters. The molecular formula is C16H16ClF3N2O2. The standard InChI is InChI=1S/C16H16ClF3N2O2/c17-13-5-3-10(8-12(13)16(18,19)20)4-6-14(23)22-7-1-2-11(9-22)15(21)24/h3-6,8,11H,1-2,7,9H2,(H2,21,24). The van der Waals surface area contributed by atoms with Crippen molar-refractivity contribution in [2.24, 2.45) is 11.7 Å².